The molecule has 0 heterocycles. The van der Waals surface area contributed by atoms with Gasteiger partial charge in [-0.1, -0.05) is 0 Å². The first-order valence-corrected chi connectivity index (χ1v) is 7.91. The predicted octanol–water partition coefficient (Wildman–Crippen LogP) is 4.40. The second kappa shape index (κ2) is 6.47. The molecule has 11 heteroatoms. The Morgan fingerprint density at radius 3 is 1.76 bits per heavy atom. The van der Waals surface area contributed by atoms with Crippen LogP contribution in [0.3, 0.4) is 0 Å². The molecule has 0 aliphatic rings. The number of sulfonamides is 1. The lowest BCUT2D eigenvalue weighted by Gasteiger charge is -2.11. The average Bonchev–Trinajstić information content (AvgIpc) is 2.45. The van der Waals surface area contributed by atoms with Gasteiger partial charge in [-0.25, -0.2) is 8.42 Å². The molecule has 0 bridgehead atoms. The Labute approximate surface area is 138 Å². The molecule has 0 spiro atoms. The van der Waals surface area contributed by atoms with Crippen LogP contribution in [-0.2, 0) is 16.2 Å². The number of benzene rings is 2. The fourth-order valence-electron chi connectivity index (χ4n) is 1.76. The molecular formula is C14H9F6NO3S. The van der Waals surface area contributed by atoms with Gasteiger partial charge in [-0.2, -0.15) is 13.2 Å². The molecule has 0 fully saturated rings. The van der Waals surface area contributed by atoms with Gasteiger partial charge in [0.05, 0.1) is 10.5 Å². The number of ether oxygens (including phenoxy) is 1. The Balaban J connectivity index is 2.16. The van der Waals surface area contributed by atoms with E-state index in [-0.39, 0.29) is 10.6 Å². The smallest absolute Gasteiger partial charge is 0.406 e. The van der Waals surface area contributed by atoms with E-state index in [1.165, 1.54) is 0 Å². The largest absolute Gasteiger partial charge is 0.573 e. The van der Waals surface area contributed by atoms with Crippen LogP contribution in [0, 0.1) is 0 Å². The van der Waals surface area contributed by atoms with Crippen LogP contribution in [0.4, 0.5) is 32.0 Å². The van der Waals surface area contributed by atoms with Crippen LogP contribution in [-0.4, -0.2) is 14.8 Å². The van der Waals surface area contributed by atoms with Crippen LogP contribution >= 0.6 is 0 Å². The van der Waals surface area contributed by atoms with Gasteiger partial charge in [0.25, 0.3) is 10.0 Å². The maximum Gasteiger partial charge on any atom is 0.573 e. The number of nitrogens with one attached hydrogen (secondary N) is 1. The van der Waals surface area contributed by atoms with Gasteiger partial charge in [-0.15, -0.1) is 13.2 Å². The standard InChI is InChI=1S/C14H9F6NO3S/c15-13(16,17)9-1-3-10(4-2-9)21-25(22,23)12-7-5-11(6-8-12)24-14(18,19)20/h1-8,21H. The lowest BCUT2D eigenvalue weighted by molar-refractivity contribution is -0.274. The van der Waals surface area contributed by atoms with Crippen LogP contribution < -0.4 is 9.46 Å². The molecule has 0 amide bonds. The minimum Gasteiger partial charge on any atom is -0.406 e. The van der Waals surface area contributed by atoms with E-state index in [1.54, 1.807) is 0 Å². The molecule has 0 atom stereocenters. The summed E-state index contributed by atoms with van der Waals surface area (Å²) in [6, 6.07) is 6.56. The van der Waals surface area contributed by atoms with Crippen molar-refractivity contribution < 1.29 is 39.5 Å². The molecule has 0 aliphatic heterocycles. The van der Waals surface area contributed by atoms with Crippen molar-refractivity contribution in [3.8, 4) is 5.75 Å². The summed E-state index contributed by atoms with van der Waals surface area (Å²) in [7, 11) is -4.19. The van der Waals surface area contributed by atoms with Crippen LogP contribution in [0.5, 0.6) is 5.75 Å². The summed E-state index contributed by atoms with van der Waals surface area (Å²) in [5.41, 5.74) is -1.09. The van der Waals surface area contributed by atoms with Gasteiger partial charge >= 0.3 is 12.5 Å². The average molecular weight is 385 g/mol. The number of alkyl halides is 6. The highest BCUT2D eigenvalue weighted by Crippen LogP contribution is 2.30. The fraction of sp³-hybridized carbons (Fsp3) is 0.143. The van der Waals surface area contributed by atoms with Crippen LogP contribution in [0.1, 0.15) is 5.56 Å². The highest BCUT2D eigenvalue weighted by atomic mass is 32.2. The molecule has 0 saturated heterocycles. The van der Waals surface area contributed by atoms with Crippen LogP contribution in [0.2, 0.25) is 0 Å². The Bertz CT molecular complexity index is 827. The minimum atomic E-state index is -4.92. The van der Waals surface area contributed by atoms with Gasteiger partial charge in [-0.05, 0) is 48.5 Å². The van der Waals surface area contributed by atoms with Crippen molar-refractivity contribution in [1.82, 2.24) is 0 Å². The topological polar surface area (TPSA) is 55.4 Å². The van der Waals surface area contributed by atoms with Gasteiger partial charge in [-0.3, -0.25) is 4.72 Å². The summed E-state index contributed by atoms with van der Waals surface area (Å²) in [6.45, 7) is 0. The number of hydrogen-bond donors (Lipinski definition) is 1. The van der Waals surface area contributed by atoms with E-state index in [1.807, 2.05) is 4.72 Å². The third-order valence-corrected chi connectivity index (χ3v) is 4.23. The molecule has 0 aromatic heterocycles. The second-order valence-electron chi connectivity index (χ2n) is 4.70. The minimum absolute atomic E-state index is 0.136. The molecule has 1 N–H and O–H groups in total. The molecule has 0 aliphatic carbocycles. The van der Waals surface area contributed by atoms with Gasteiger partial charge in [0, 0.05) is 5.69 Å². The lowest BCUT2D eigenvalue weighted by atomic mass is 10.2. The first kappa shape index (κ1) is 18.9. The number of anilines is 1. The number of halogens is 6. The summed E-state index contributed by atoms with van der Waals surface area (Å²) in [5, 5.41) is 0. The zero-order chi connectivity index (χ0) is 18.9. The molecule has 2 rings (SSSR count). The third-order valence-electron chi connectivity index (χ3n) is 2.83. The maximum atomic E-state index is 12.4. The Hall–Kier alpha value is -2.43. The quantitative estimate of drug-likeness (QED) is 0.794. The summed E-state index contributed by atoms with van der Waals surface area (Å²) >= 11 is 0. The van der Waals surface area contributed by atoms with E-state index >= 15 is 0 Å². The van der Waals surface area contributed by atoms with E-state index in [0.717, 1.165) is 36.4 Å². The van der Waals surface area contributed by atoms with E-state index < -0.39 is 33.9 Å². The van der Waals surface area contributed by atoms with Crippen LogP contribution in [0.15, 0.2) is 53.4 Å². The zero-order valence-electron chi connectivity index (χ0n) is 12.0. The predicted molar refractivity (Wildman–Crippen MR) is 75.4 cm³/mol. The van der Waals surface area contributed by atoms with Gasteiger partial charge in [0.15, 0.2) is 0 Å². The van der Waals surface area contributed by atoms with Crippen molar-refractivity contribution in [1.29, 1.82) is 0 Å². The molecular weight excluding hydrogens is 376 g/mol. The summed E-state index contributed by atoms with van der Waals surface area (Å²) in [4.78, 5) is -0.387. The summed E-state index contributed by atoms with van der Waals surface area (Å²) < 4.78 is 103. The monoisotopic (exact) mass is 385 g/mol. The van der Waals surface area contributed by atoms with Crippen molar-refractivity contribution in [2.24, 2.45) is 0 Å². The molecule has 136 valence electrons. The maximum absolute atomic E-state index is 12.4. The number of rotatable bonds is 4. The first-order chi connectivity index (χ1) is 11.4. The van der Waals surface area contributed by atoms with Crippen molar-refractivity contribution in [2.75, 3.05) is 4.72 Å². The van der Waals surface area contributed by atoms with Crippen molar-refractivity contribution in [3.63, 3.8) is 0 Å². The Kier molecular flexibility index (Phi) is 4.89. The molecule has 0 unspecified atom stereocenters. The van der Waals surface area contributed by atoms with E-state index in [4.69, 9.17) is 0 Å². The van der Waals surface area contributed by atoms with E-state index in [2.05, 4.69) is 4.74 Å². The third kappa shape index (κ3) is 5.28. The second-order valence-corrected chi connectivity index (χ2v) is 6.38. The highest BCUT2D eigenvalue weighted by molar-refractivity contribution is 7.92. The van der Waals surface area contributed by atoms with Gasteiger partial charge < -0.3 is 4.74 Å². The van der Waals surface area contributed by atoms with Crippen molar-refractivity contribution in [3.05, 3.63) is 54.1 Å². The summed E-state index contributed by atoms with van der Waals surface area (Å²) in [6.07, 6.45) is -9.48. The molecule has 25 heavy (non-hydrogen) atoms. The van der Waals surface area contributed by atoms with E-state index in [9.17, 15) is 34.8 Å². The van der Waals surface area contributed by atoms with E-state index in [0.29, 0.717) is 12.1 Å². The molecule has 2 aromatic carbocycles. The summed E-state index contributed by atoms with van der Waals surface area (Å²) in [5.74, 6) is -0.610. The highest BCUT2D eigenvalue weighted by Gasteiger charge is 2.31. The molecule has 4 nitrogen and oxygen atoms in total. The van der Waals surface area contributed by atoms with Gasteiger partial charge in [0.1, 0.15) is 5.75 Å². The molecule has 2 aromatic rings. The SMILES string of the molecule is O=S(=O)(Nc1ccc(C(F)(F)F)cc1)c1ccc(OC(F)(F)F)cc1. The van der Waals surface area contributed by atoms with Crippen LogP contribution in [0.25, 0.3) is 0 Å². The zero-order valence-corrected chi connectivity index (χ0v) is 12.8. The normalized spacial score (nSPS) is 12.7. The Morgan fingerprint density at radius 1 is 0.800 bits per heavy atom. The molecule has 0 saturated carbocycles. The fourth-order valence-corrected chi connectivity index (χ4v) is 2.82. The lowest BCUT2D eigenvalue weighted by Crippen LogP contribution is -2.17. The van der Waals surface area contributed by atoms with Gasteiger partial charge in [0.2, 0.25) is 0 Å². The molecule has 0 radical (unpaired) electrons. The number of hydrogen-bond acceptors (Lipinski definition) is 3. The Morgan fingerprint density at radius 2 is 1.32 bits per heavy atom. The first-order valence-electron chi connectivity index (χ1n) is 6.43. The van der Waals surface area contributed by atoms with Crippen molar-refractivity contribution >= 4 is 15.7 Å². The van der Waals surface area contributed by atoms with Crippen molar-refractivity contribution in [2.45, 2.75) is 17.4 Å².